The summed E-state index contributed by atoms with van der Waals surface area (Å²) in [7, 11) is 0. The van der Waals surface area contributed by atoms with Crippen LogP contribution in [0.4, 0.5) is 4.39 Å². The zero-order valence-electron chi connectivity index (χ0n) is 12.5. The Morgan fingerprint density at radius 2 is 2.10 bits per heavy atom. The molecule has 0 fully saturated rings. The van der Waals surface area contributed by atoms with Crippen LogP contribution in [-0.4, -0.2) is 14.9 Å². The number of rotatable bonds is 5. The van der Waals surface area contributed by atoms with Crippen molar-refractivity contribution in [3.63, 3.8) is 0 Å². The van der Waals surface area contributed by atoms with Crippen molar-refractivity contribution in [3.8, 4) is 0 Å². The minimum absolute atomic E-state index is 0.288. The normalized spacial score (nSPS) is 12.7. The molecule has 21 heavy (non-hydrogen) atoms. The van der Waals surface area contributed by atoms with Gasteiger partial charge in [0, 0.05) is 13.0 Å². The van der Waals surface area contributed by atoms with Gasteiger partial charge in [-0.3, -0.25) is 4.68 Å². The van der Waals surface area contributed by atoms with Gasteiger partial charge in [0.25, 0.3) is 0 Å². The van der Waals surface area contributed by atoms with E-state index in [4.69, 9.17) is 0 Å². The summed E-state index contributed by atoms with van der Waals surface area (Å²) in [4.78, 5) is 0. The van der Waals surface area contributed by atoms with Crippen molar-refractivity contribution < 1.29 is 9.50 Å². The molecule has 0 saturated heterocycles. The Kier molecular flexibility index (Phi) is 5.17. The molecule has 2 aromatic rings. The molecule has 5 heteroatoms. The van der Waals surface area contributed by atoms with Crippen LogP contribution >= 0.6 is 15.9 Å². The van der Waals surface area contributed by atoms with Crippen molar-refractivity contribution in [2.45, 2.75) is 46.3 Å². The van der Waals surface area contributed by atoms with Crippen molar-refractivity contribution >= 4 is 15.9 Å². The van der Waals surface area contributed by atoms with E-state index in [1.807, 2.05) is 18.5 Å². The molecule has 1 unspecified atom stereocenters. The van der Waals surface area contributed by atoms with Gasteiger partial charge in [0.15, 0.2) is 0 Å². The smallest absolute Gasteiger partial charge is 0.126 e. The molecule has 0 aliphatic rings. The molecule has 0 radical (unpaired) electrons. The van der Waals surface area contributed by atoms with Crippen LogP contribution in [0.25, 0.3) is 0 Å². The highest BCUT2D eigenvalue weighted by Gasteiger charge is 2.18. The largest absolute Gasteiger partial charge is 0.388 e. The van der Waals surface area contributed by atoms with E-state index in [9.17, 15) is 9.50 Å². The number of aliphatic hydroxyl groups excluding tert-OH is 1. The lowest BCUT2D eigenvalue weighted by atomic mass is 10.0. The van der Waals surface area contributed by atoms with E-state index in [0.29, 0.717) is 17.5 Å². The summed E-state index contributed by atoms with van der Waals surface area (Å²) < 4.78 is 16.5. The topological polar surface area (TPSA) is 38.0 Å². The third-order valence-electron chi connectivity index (χ3n) is 3.66. The predicted molar refractivity (Wildman–Crippen MR) is 84.8 cm³/mol. The molecule has 1 heterocycles. The summed E-state index contributed by atoms with van der Waals surface area (Å²) in [5.74, 6) is -0.288. The third kappa shape index (κ3) is 3.35. The number of aliphatic hydroxyl groups is 1. The fourth-order valence-corrected chi connectivity index (χ4v) is 3.06. The van der Waals surface area contributed by atoms with Crippen LogP contribution in [0.1, 0.15) is 42.5 Å². The van der Waals surface area contributed by atoms with Gasteiger partial charge in [-0.15, -0.1) is 0 Å². The summed E-state index contributed by atoms with van der Waals surface area (Å²) in [5.41, 5.74) is 3.10. The van der Waals surface area contributed by atoms with Gasteiger partial charge in [0.1, 0.15) is 5.82 Å². The summed E-state index contributed by atoms with van der Waals surface area (Å²) in [6.07, 6.45) is 0.489. The molecule has 0 amide bonds. The first-order valence-corrected chi connectivity index (χ1v) is 7.95. The maximum atomic E-state index is 13.6. The van der Waals surface area contributed by atoms with Gasteiger partial charge >= 0.3 is 0 Å². The van der Waals surface area contributed by atoms with Crippen molar-refractivity contribution in [3.05, 3.63) is 51.0 Å². The standard InChI is InChI=1S/C16H20BrFN2O/c1-4-13-16(17)14(20(5-2)19-13)9-15(21)11-7-6-10(3)12(18)8-11/h6-8,15,21H,4-5,9H2,1-3H3. The zero-order valence-corrected chi connectivity index (χ0v) is 14.1. The lowest BCUT2D eigenvalue weighted by Gasteiger charge is -2.13. The molecular formula is C16H20BrFN2O. The first kappa shape index (κ1) is 16.2. The molecule has 0 saturated carbocycles. The van der Waals surface area contributed by atoms with Crippen LogP contribution in [0.5, 0.6) is 0 Å². The van der Waals surface area contributed by atoms with Crippen LogP contribution in [0, 0.1) is 12.7 Å². The monoisotopic (exact) mass is 354 g/mol. The Morgan fingerprint density at radius 1 is 1.38 bits per heavy atom. The Balaban J connectivity index is 2.28. The van der Waals surface area contributed by atoms with E-state index in [1.165, 1.54) is 6.07 Å². The molecule has 114 valence electrons. The minimum atomic E-state index is -0.747. The molecule has 1 N–H and O–H groups in total. The third-order valence-corrected chi connectivity index (χ3v) is 4.58. The molecule has 2 rings (SSSR count). The first-order chi connectivity index (χ1) is 9.97. The number of halogens is 2. The van der Waals surface area contributed by atoms with Gasteiger partial charge in [0.05, 0.1) is 22.0 Å². The van der Waals surface area contributed by atoms with Gasteiger partial charge in [-0.05, 0) is 53.4 Å². The van der Waals surface area contributed by atoms with Gasteiger partial charge in [0.2, 0.25) is 0 Å². The molecule has 0 bridgehead atoms. The molecule has 0 aliphatic heterocycles. The molecule has 0 aliphatic carbocycles. The van der Waals surface area contributed by atoms with Crippen LogP contribution in [-0.2, 0) is 19.4 Å². The second-order valence-electron chi connectivity index (χ2n) is 5.11. The van der Waals surface area contributed by atoms with E-state index in [2.05, 4.69) is 21.0 Å². The van der Waals surface area contributed by atoms with Crippen LogP contribution in [0.2, 0.25) is 0 Å². The second-order valence-corrected chi connectivity index (χ2v) is 5.90. The van der Waals surface area contributed by atoms with E-state index >= 15 is 0 Å². The Morgan fingerprint density at radius 3 is 2.67 bits per heavy atom. The lowest BCUT2D eigenvalue weighted by molar-refractivity contribution is 0.174. The summed E-state index contributed by atoms with van der Waals surface area (Å²) in [5, 5.41) is 14.9. The average molecular weight is 355 g/mol. The highest BCUT2D eigenvalue weighted by atomic mass is 79.9. The number of nitrogens with zero attached hydrogens (tertiary/aromatic N) is 2. The molecule has 1 aromatic carbocycles. The quantitative estimate of drug-likeness (QED) is 0.882. The Hall–Kier alpha value is -1.20. The minimum Gasteiger partial charge on any atom is -0.388 e. The summed E-state index contributed by atoms with van der Waals surface area (Å²) >= 11 is 3.56. The SMILES string of the molecule is CCc1nn(CC)c(CC(O)c2ccc(C)c(F)c2)c1Br. The van der Waals surface area contributed by atoms with E-state index in [1.54, 1.807) is 19.1 Å². The number of benzene rings is 1. The van der Waals surface area contributed by atoms with Gasteiger partial charge in [-0.25, -0.2) is 4.39 Å². The summed E-state index contributed by atoms with van der Waals surface area (Å²) in [6, 6.07) is 4.86. The predicted octanol–water partition coefficient (Wildman–Crippen LogP) is 3.95. The van der Waals surface area contributed by atoms with Gasteiger partial charge in [-0.1, -0.05) is 19.1 Å². The highest BCUT2D eigenvalue weighted by Crippen LogP contribution is 2.28. The molecule has 1 aromatic heterocycles. The van der Waals surface area contributed by atoms with Crippen molar-refractivity contribution in [1.29, 1.82) is 0 Å². The first-order valence-electron chi connectivity index (χ1n) is 7.16. The van der Waals surface area contributed by atoms with E-state index < -0.39 is 6.10 Å². The zero-order chi connectivity index (χ0) is 15.6. The number of aryl methyl sites for hydroxylation is 3. The molecule has 3 nitrogen and oxygen atoms in total. The van der Waals surface area contributed by atoms with E-state index in [-0.39, 0.29) is 5.82 Å². The van der Waals surface area contributed by atoms with Crippen LogP contribution in [0.15, 0.2) is 22.7 Å². The second kappa shape index (κ2) is 6.71. The average Bonchev–Trinajstić information content (AvgIpc) is 2.78. The van der Waals surface area contributed by atoms with Crippen molar-refractivity contribution in [1.82, 2.24) is 9.78 Å². The van der Waals surface area contributed by atoms with Gasteiger partial charge in [-0.2, -0.15) is 5.10 Å². The maximum absolute atomic E-state index is 13.6. The van der Waals surface area contributed by atoms with Gasteiger partial charge < -0.3 is 5.11 Å². The lowest BCUT2D eigenvalue weighted by Crippen LogP contribution is -2.09. The number of hydrogen-bond acceptors (Lipinski definition) is 2. The number of hydrogen-bond donors (Lipinski definition) is 1. The summed E-state index contributed by atoms with van der Waals surface area (Å²) in [6.45, 7) is 6.51. The fourth-order valence-electron chi connectivity index (χ4n) is 2.33. The highest BCUT2D eigenvalue weighted by molar-refractivity contribution is 9.10. The molecular weight excluding hydrogens is 335 g/mol. The van der Waals surface area contributed by atoms with E-state index in [0.717, 1.165) is 28.8 Å². The number of aromatic nitrogens is 2. The van der Waals surface area contributed by atoms with Crippen molar-refractivity contribution in [2.75, 3.05) is 0 Å². The fraction of sp³-hybridized carbons (Fsp3) is 0.438. The van der Waals surface area contributed by atoms with Crippen molar-refractivity contribution in [2.24, 2.45) is 0 Å². The molecule has 1 atom stereocenters. The maximum Gasteiger partial charge on any atom is 0.126 e. The van der Waals surface area contributed by atoms with Crippen LogP contribution < -0.4 is 0 Å². The molecule has 0 spiro atoms. The Labute approximate surface area is 132 Å². The Bertz CT molecular complexity index is 639. The van der Waals surface area contributed by atoms with Crippen LogP contribution in [0.3, 0.4) is 0 Å².